The highest BCUT2D eigenvalue weighted by atomic mass is 14.3. The predicted octanol–water partition coefficient (Wildman–Crippen LogP) is -0.0566. The highest BCUT2D eigenvalue weighted by molar-refractivity contribution is 6.91. The average Bonchev–Trinajstić information content (AvgIpc) is 2.22. The minimum atomic E-state index is 0.792. The first kappa shape index (κ1) is 4.29. The van der Waals surface area contributed by atoms with E-state index in [1.807, 2.05) is 0 Å². The van der Waals surface area contributed by atoms with Crippen LogP contribution in [0.2, 0.25) is 5.31 Å². The van der Waals surface area contributed by atoms with E-state index in [0.29, 0.717) is 0 Å². The van der Waals surface area contributed by atoms with Gasteiger partial charge in [-0.25, -0.2) is 0 Å². The van der Waals surface area contributed by atoms with Crippen molar-refractivity contribution in [3.05, 3.63) is 0 Å². The SMILES string of the molecule is BBC1(C)CC1. The van der Waals surface area contributed by atoms with Gasteiger partial charge in [0.1, 0.15) is 0 Å². The Bertz CT molecular complexity index is 56.6. The highest BCUT2D eigenvalue weighted by Crippen LogP contribution is 2.51. The van der Waals surface area contributed by atoms with Crippen molar-refractivity contribution in [3.8, 4) is 0 Å². The summed E-state index contributed by atoms with van der Waals surface area (Å²) in [5.41, 5.74) is 0. The fourth-order valence-electron chi connectivity index (χ4n) is 0.567. The molecule has 1 aliphatic carbocycles. The van der Waals surface area contributed by atoms with Crippen LogP contribution in [0, 0.1) is 0 Å². The lowest BCUT2D eigenvalue weighted by molar-refractivity contribution is 1.01. The van der Waals surface area contributed by atoms with E-state index in [1.165, 1.54) is 20.0 Å². The van der Waals surface area contributed by atoms with Gasteiger partial charge in [0.25, 0.3) is 0 Å². The molecule has 6 heavy (non-hydrogen) atoms. The smallest absolute Gasteiger partial charge is 0.0673 e. The fourth-order valence-corrected chi connectivity index (χ4v) is 0.567. The van der Waals surface area contributed by atoms with Crippen LogP contribution >= 0.6 is 0 Å². The summed E-state index contributed by atoms with van der Waals surface area (Å²) in [5.74, 6) is 0. The van der Waals surface area contributed by atoms with Gasteiger partial charge in [-0.3, -0.25) is 0 Å². The van der Waals surface area contributed by atoms with Crippen LogP contribution in [-0.2, 0) is 0 Å². The zero-order chi connectivity index (χ0) is 4.62. The van der Waals surface area contributed by atoms with Crippen molar-refractivity contribution in [2.75, 3.05) is 0 Å². The number of hydrogen-bond acceptors (Lipinski definition) is 0. The molecule has 0 nitrogen and oxygen atoms in total. The van der Waals surface area contributed by atoms with Crippen molar-refractivity contribution >= 4 is 14.9 Å². The topological polar surface area (TPSA) is 0 Å². The van der Waals surface area contributed by atoms with Gasteiger partial charge in [-0.1, -0.05) is 25.1 Å². The fraction of sp³-hybridized carbons (Fsp3) is 1.00. The normalized spacial score (nSPS) is 26.2. The van der Waals surface area contributed by atoms with Crippen LogP contribution in [0.15, 0.2) is 0 Å². The molecule has 0 spiro atoms. The molecule has 1 fully saturated rings. The monoisotopic (exact) mass is 80.1 g/mol. The summed E-state index contributed by atoms with van der Waals surface area (Å²) in [7, 11) is 3.65. The second kappa shape index (κ2) is 1.05. The molecular weight excluding hydrogens is 69.7 g/mol. The first-order chi connectivity index (χ1) is 2.77. The molecule has 1 aliphatic rings. The molecule has 0 aromatic carbocycles. The van der Waals surface area contributed by atoms with Crippen molar-refractivity contribution in [1.29, 1.82) is 0 Å². The van der Waals surface area contributed by atoms with Gasteiger partial charge in [-0.2, -0.15) is 0 Å². The summed E-state index contributed by atoms with van der Waals surface area (Å²) >= 11 is 0. The van der Waals surface area contributed by atoms with Crippen LogP contribution in [0.1, 0.15) is 19.8 Å². The Morgan fingerprint density at radius 3 is 2.17 bits per heavy atom. The molecule has 0 aromatic rings. The molecule has 0 N–H and O–H groups in total. The van der Waals surface area contributed by atoms with Crippen LogP contribution in [-0.4, -0.2) is 14.9 Å². The van der Waals surface area contributed by atoms with E-state index in [1.54, 1.807) is 0 Å². The summed E-state index contributed by atoms with van der Waals surface area (Å²) in [6, 6.07) is 0. The van der Waals surface area contributed by atoms with E-state index in [-0.39, 0.29) is 0 Å². The molecule has 1 saturated carbocycles. The van der Waals surface area contributed by atoms with Crippen molar-refractivity contribution < 1.29 is 0 Å². The van der Waals surface area contributed by atoms with Gasteiger partial charge in [0.05, 0.1) is 14.9 Å². The molecule has 0 atom stereocenters. The molecule has 1 rings (SSSR count). The second-order valence-corrected chi connectivity index (χ2v) is 2.66. The van der Waals surface area contributed by atoms with Gasteiger partial charge in [0, 0.05) is 0 Å². The van der Waals surface area contributed by atoms with Crippen molar-refractivity contribution in [2.45, 2.75) is 25.1 Å². The maximum Gasteiger partial charge on any atom is 0.0897 e. The van der Waals surface area contributed by atoms with Gasteiger partial charge >= 0.3 is 0 Å². The predicted molar refractivity (Wildman–Crippen MR) is 33.3 cm³/mol. The van der Waals surface area contributed by atoms with Crippen LogP contribution in [0.25, 0.3) is 0 Å². The Labute approximate surface area is 41.0 Å². The van der Waals surface area contributed by atoms with E-state index < -0.39 is 0 Å². The largest absolute Gasteiger partial charge is 0.0897 e. The molecule has 0 aromatic heterocycles. The van der Waals surface area contributed by atoms with Crippen LogP contribution in [0.5, 0.6) is 0 Å². The lowest BCUT2D eigenvalue weighted by atomic mass is 9.45. The number of rotatable bonds is 1. The van der Waals surface area contributed by atoms with Crippen LogP contribution in [0.4, 0.5) is 0 Å². The quantitative estimate of drug-likeness (QED) is 0.387. The Balaban J connectivity index is 2.28. The summed E-state index contributed by atoms with van der Waals surface area (Å²) in [4.78, 5) is 0. The molecular formula is C4H10B2. The lowest BCUT2D eigenvalue weighted by Gasteiger charge is -1.94. The highest BCUT2D eigenvalue weighted by Gasteiger charge is 2.34. The molecule has 32 valence electrons. The van der Waals surface area contributed by atoms with Crippen LogP contribution in [0.3, 0.4) is 0 Å². The van der Waals surface area contributed by atoms with E-state index in [0.717, 1.165) is 5.31 Å². The first-order valence-corrected chi connectivity index (χ1v) is 2.77. The van der Waals surface area contributed by atoms with Crippen molar-refractivity contribution in [2.24, 2.45) is 0 Å². The van der Waals surface area contributed by atoms with Gasteiger partial charge in [-0.15, -0.1) is 0 Å². The van der Waals surface area contributed by atoms with Crippen molar-refractivity contribution in [1.82, 2.24) is 0 Å². The Hall–Kier alpha value is 0.130. The van der Waals surface area contributed by atoms with E-state index in [9.17, 15) is 0 Å². The third kappa shape index (κ3) is 0.612. The zero-order valence-corrected chi connectivity index (χ0v) is 4.62. The molecule has 0 saturated heterocycles. The molecule has 0 radical (unpaired) electrons. The molecule has 0 aliphatic heterocycles. The van der Waals surface area contributed by atoms with E-state index in [2.05, 4.69) is 14.7 Å². The van der Waals surface area contributed by atoms with Gasteiger partial charge < -0.3 is 0 Å². The summed E-state index contributed by atoms with van der Waals surface area (Å²) in [6.45, 7) is 2.35. The Morgan fingerprint density at radius 1 is 1.67 bits per heavy atom. The first-order valence-electron chi connectivity index (χ1n) is 2.77. The van der Waals surface area contributed by atoms with Crippen LogP contribution < -0.4 is 0 Å². The Kier molecular flexibility index (Phi) is 0.751. The van der Waals surface area contributed by atoms with E-state index in [4.69, 9.17) is 0 Å². The minimum Gasteiger partial charge on any atom is -0.0673 e. The summed E-state index contributed by atoms with van der Waals surface area (Å²) < 4.78 is 0. The standard InChI is InChI=1S/C4H10B2/c1-4(6-5)2-3-4/h6H,2-3,5H2,1H3. The minimum absolute atomic E-state index is 0.792. The third-order valence-corrected chi connectivity index (χ3v) is 1.96. The molecule has 0 heterocycles. The maximum atomic E-state index is 2.35. The second-order valence-electron chi connectivity index (χ2n) is 2.66. The van der Waals surface area contributed by atoms with Crippen molar-refractivity contribution in [3.63, 3.8) is 0 Å². The summed E-state index contributed by atoms with van der Waals surface area (Å²) in [6.07, 6.45) is 2.95. The molecule has 0 bridgehead atoms. The Morgan fingerprint density at radius 2 is 2.17 bits per heavy atom. The molecule has 0 amide bonds. The third-order valence-electron chi connectivity index (χ3n) is 1.96. The van der Waals surface area contributed by atoms with E-state index >= 15 is 0 Å². The number of hydrogen-bond donors (Lipinski definition) is 0. The zero-order valence-electron chi connectivity index (χ0n) is 4.62. The van der Waals surface area contributed by atoms with Gasteiger partial charge in [-0.05, 0) is 0 Å². The maximum absolute atomic E-state index is 2.35. The lowest BCUT2D eigenvalue weighted by Crippen LogP contribution is -1.96. The van der Waals surface area contributed by atoms with Gasteiger partial charge in [0.15, 0.2) is 0 Å². The van der Waals surface area contributed by atoms with Gasteiger partial charge in [0.2, 0.25) is 0 Å². The average molecular weight is 79.7 g/mol. The molecule has 0 unspecified atom stereocenters. The summed E-state index contributed by atoms with van der Waals surface area (Å²) in [5, 5.41) is 0.792. The molecule has 2 heteroatoms.